The summed E-state index contributed by atoms with van der Waals surface area (Å²) in [4.78, 5) is 28.5. The zero-order valence-corrected chi connectivity index (χ0v) is 14.2. The third-order valence-electron chi connectivity index (χ3n) is 3.70. The molecule has 4 aromatic rings. The van der Waals surface area contributed by atoms with E-state index in [1.165, 1.54) is 0 Å². The van der Waals surface area contributed by atoms with E-state index in [9.17, 15) is 9.59 Å². The predicted octanol–water partition coefficient (Wildman–Crippen LogP) is 3.04. The first-order valence-corrected chi connectivity index (χ1v) is 8.48. The Morgan fingerprint density at radius 2 is 1.81 bits per heavy atom. The predicted molar refractivity (Wildman–Crippen MR) is 98.1 cm³/mol. The van der Waals surface area contributed by atoms with Crippen molar-refractivity contribution in [2.24, 2.45) is 0 Å². The molecule has 0 fully saturated rings. The summed E-state index contributed by atoms with van der Waals surface area (Å²) in [5.74, 6) is -1.11. The minimum Gasteiger partial charge on any atom is -0.451 e. The van der Waals surface area contributed by atoms with Crippen molar-refractivity contribution in [3.63, 3.8) is 0 Å². The van der Waals surface area contributed by atoms with Crippen LogP contribution < -0.4 is 5.32 Å². The minimum absolute atomic E-state index is 0.155. The van der Waals surface area contributed by atoms with Crippen molar-refractivity contribution in [1.29, 1.82) is 0 Å². The molecule has 128 valence electrons. The van der Waals surface area contributed by atoms with Crippen molar-refractivity contribution in [3.05, 3.63) is 60.3 Å². The van der Waals surface area contributed by atoms with Gasteiger partial charge in [-0.1, -0.05) is 30.3 Å². The molecule has 2 heterocycles. The van der Waals surface area contributed by atoms with E-state index < -0.39 is 18.5 Å². The summed E-state index contributed by atoms with van der Waals surface area (Å²) < 4.78 is 13.3. The number of fused-ring (bicyclic) bond motifs is 2. The van der Waals surface area contributed by atoms with Crippen LogP contribution in [0.5, 0.6) is 0 Å². The summed E-state index contributed by atoms with van der Waals surface area (Å²) in [5, 5.41) is 3.60. The average Bonchev–Trinajstić information content (AvgIpc) is 3.15. The number of nitrogens with one attached hydrogen (secondary N) is 1. The first-order chi connectivity index (χ1) is 12.7. The van der Waals surface area contributed by atoms with Crippen LogP contribution in [0.2, 0.25) is 0 Å². The number of hydrogen-bond donors (Lipinski definition) is 1. The summed E-state index contributed by atoms with van der Waals surface area (Å²) in [6.45, 7) is -0.415. The summed E-state index contributed by atoms with van der Waals surface area (Å²) in [6.07, 6.45) is 0. The lowest BCUT2D eigenvalue weighted by Gasteiger charge is -2.07. The Balaban J connectivity index is 1.42. The smallest absolute Gasteiger partial charge is 0.357 e. The topological polar surface area (TPSA) is 94.1 Å². The standard InChI is InChI=1S/C18H12N4O3S/c23-16(20-13-6-3-7-14-17(13)22-26-21-14)10-25-18(24)15-9-8-11-4-1-2-5-12(11)19-15/h1-9H,10H2,(H,20,23). The van der Waals surface area contributed by atoms with E-state index in [1.807, 2.05) is 18.2 Å². The molecule has 0 saturated heterocycles. The summed E-state index contributed by atoms with van der Waals surface area (Å²) in [7, 11) is 0. The molecule has 0 spiro atoms. The van der Waals surface area contributed by atoms with Gasteiger partial charge >= 0.3 is 5.97 Å². The maximum atomic E-state index is 12.1. The molecule has 0 bridgehead atoms. The molecular formula is C18H12N4O3S. The molecule has 0 radical (unpaired) electrons. The second-order valence-electron chi connectivity index (χ2n) is 5.45. The van der Waals surface area contributed by atoms with Crippen LogP contribution in [0.15, 0.2) is 54.6 Å². The van der Waals surface area contributed by atoms with Gasteiger partial charge < -0.3 is 10.1 Å². The molecule has 0 aliphatic heterocycles. The lowest BCUT2D eigenvalue weighted by molar-refractivity contribution is -0.119. The summed E-state index contributed by atoms with van der Waals surface area (Å²) in [5.41, 5.74) is 2.68. The number of pyridine rings is 1. The molecule has 7 nitrogen and oxygen atoms in total. The molecule has 2 aromatic heterocycles. The van der Waals surface area contributed by atoms with Gasteiger partial charge in [0.1, 0.15) is 16.7 Å². The van der Waals surface area contributed by atoms with Gasteiger partial charge in [0, 0.05) is 5.39 Å². The molecule has 1 amide bonds. The quantitative estimate of drug-likeness (QED) is 0.559. The number of anilines is 1. The summed E-state index contributed by atoms with van der Waals surface area (Å²) >= 11 is 1.07. The van der Waals surface area contributed by atoms with Gasteiger partial charge in [-0.05, 0) is 24.3 Å². The van der Waals surface area contributed by atoms with Crippen LogP contribution in [0.3, 0.4) is 0 Å². The SMILES string of the molecule is O=C(COC(=O)c1ccc2ccccc2n1)Nc1cccc2nsnc12. The van der Waals surface area contributed by atoms with E-state index in [1.54, 1.807) is 36.4 Å². The summed E-state index contributed by atoms with van der Waals surface area (Å²) in [6, 6.07) is 16.1. The van der Waals surface area contributed by atoms with Crippen molar-refractivity contribution in [2.75, 3.05) is 11.9 Å². The molecule has 26 heavy (non-hydrogen) atoms. The second kappa shape index (κ2) is 6.85. The van der Waals surface area contributed by atoms with Gasteiger partial charge in [0.05, 0.1) is 22.9 Å². The van der Waals surface area contributed by atoms with E-state index in [2.05, 4.69) is 19.0 Å². The molecular weight excluding hydrogens is 352 g/mol. The van der Waals surface area contributed by atoms with E-state index >= 15 is 0 Å². The zero-order valence-electron chi connectivity index (χ0n) is 13.4. The third kappa shape index (κ3) is 3.22. The van der Waals surface area contributed by atoms with Gasteiger partial charge in [-0.25, -0.2) is 9.78 Å². The highest BCUT2D eigenvalue weighted by Gasteiger charge is 2.14. The van der Waals surface area contributed by atoms with Crippen molar-refractivity contribution < 1.29 is 14.3 Å². The Bertz CT molecular complexity index is 1130. The van der Waals surface area contributed by atoms with Gasteiger partial charge in [-0.2, -0.15) is 8.75 Å². The van der Waals surface area contributed by atoms with Crippen molar-refractivity contribution in [2.45, 2.75) is 0 Å². The number of amides is 1. The van der Waals surface area contributed by atoms with Gasteiger partial charge in [-0.15, -0.1) is 0 Å². The molecule has 8 heteroatoms. The Kier molecular flexibility index (Phi) is 4.24. The van der Waals surface area contributed by atoms with Gasteiger partial charge in [0.25, 0.3) is 5.91 Å². The van der Waals surface area contributed by atoms with E-state index in [0.717, 1.165) is 17.1 Å². The van der Waals surface area contributed by atoms with Crippen LogP contribution in [0.25, 0.3) is 21.9 Å². The van der Waals surface area contributed by atoms with Crippen molar-refractivity contribution >= 4 is 51.2 Å². The minimum atomic E-state index is -0.653. The van der Waals surface area contributed by atoms with Crippen LogP contribution in [-0.4, -0.2) is 32.2 Å². The van der Waals surface area contributed by atoms with Crippen molar-refractivity contribution in [3.8, 4) is 0 Å². The first-order valence-electron chi connectivity index (χ1n) is 7.75. The number of esters is 1. The Morgan fingerprint density at radius 1 is 0.962 bits per heavy atom. The number of hydrogen-bond acceptors (Lipinski definition) is 7. The fourth-order valence-electron chi connectivity index (χ4n) is 2.48. The van der Waals surface area contributed by atoms with Gasteiger partial charge in [0.2, 0.25) is 0 Å². The number of ether oxygens (including phenoxy) is 1. The Hall–Kier alpha value is -3.39. The molecule has 2 aromatic carbocycles. The molecule has 0 aliphatic rings. The number of benzene rings is 2. The van der Waals surface area contributed by atoms with Crippen LogP contribution in [0.1, 0.15) is 10.5 Å². The highest BCUT2D eigenvalue weighted by atomic mass is 32.1. The number of nitrogens with zero attached hydrogens (tertiary/aromatic N) is 3. The average molecular weight is 364 g/mol. The second-order valence-corrected chi connectivity index (χ2v) is 5.98. The maximum Gasteiger partial charge on any atom is 0.357 e. The van der Waals surface area contributed by atoms with Crippen LogP contribution in [0, 0.1) is 0 Å². The molecule has 0 atom stereocenters. The highest BCUT2D eigenvalue weighted by Crippen LogP contribution is 2.21. The molecule has 1 N–H and O–H groups in total. The largest absolute Gasteiger partial charge is 0.451 e. The molecule has 0 unspecified atom stereocenters. The van der Waals surface area contributed by atoms with Gasteiger partial charge in [0.15, 0.2) is 6.61 Å². The fourth-order valence-corrected chi connectivity index (χ4v) is 3.03. The number of para-hydroxylation sites is 1. The van der Waals surface area contributed by atoms with E-state index in [4.69, 9.17) is 4.74 Å². The number of carbonyl (C=O) groups excluding carboxylic acids is 2. The lowest BCUT2D eigenvalue weighted by Crippen LogP contribution is -2.21. The normalized spacial score (nSPS) is 10.8. The Morgan fingerprint density at radius 3 is 2.73 bits per heavy atom. The first kappa shape index (κ1) is 16.1. The third-order valence-corrected chi connectivity index (χ3v) is 4.24. The maximum absolute atomic E-state index is 12.1. The fraction of sp³-hybridized carbons (Fsp3) is 0.0556. The Labute approximate surface area is 152 Å². The molecule has 0 aliphatic carbocycles. The zero-order chi connectivity index (χ0) is 17.9. The number of rotatable bonds is 4. The van der Waals surface area contributed by atoms with E-state index in [-0.39, 0.29) is 5.69 Å². The van der Waals surface area contributed by atoms with Crippen LogP contribution >= 0.6 is 11.7 Å². The molecule has 4 rings (SSSR count). The van der Waals surface area contributed by atoms with Crippen LogP contribution in [-0.2, 0) is 9.53 Å². The van der Waals surface area contributed by atoms with Crippen molar-refractivity contribution in [1.82, 2.24) is 13.7 Å². The highest BCUT2D eigenvalue weighted by molar-refractivity contribution is 7.00. The number of aromatic nitrogens is 3. The lowest BCUT2D eigenvalue weighted by atomic mass is 10.2. The van der Waals surface area contributed by atoms with Gasteiger partial charge in [-0.3, -0.25) is 4.79 Å². The van der Waals surface area contributed by atoms with E-state index in [0.29, 0.717) is 22.2 Å². The molecule has 0 saturated carbocycles. The monoisotopic (exact) mass is 364 g/mol. The number of carbonyl (C=O) groups is 2. The van der Waals surface area contributed by atoms with Crippen LogP contribution in [0.4, 0.5) is 5.69 Å².